The van der Waals surface area contributed by atoms with Gasteiger partial charge < -0.3 is 10.4 Å². The van der Waals surface area contributed by atoms with Crippen LogP contribution in [0.2, 0.25) is 0 Å². The molecule has 0 aliphatic heterocycles. The van der Waals surface area contributed by atoms with E-state index in [-0.39, 0.29) is 12.6 Å². The number of hydrogen-bond acceptors (Lipinski definition) is 2. The van der Waals surface area contributed by atoms with Gasteiger partial charge in [0, 0.05) is 5.69 Å². The summed E-state index contributed by atoms with van der Waals surface area (Å²) in [6, 6.07) is 16.2. The minimum atomic E-state index is -0.0627. The lowest BCUT2D eigenvalue weighted by atomic mass is 9.99. The minimum absolute atomic E-state index is 0.0627. The molecule has 0 spiro atoms. The summed E-state index contributed by atoms with van der Waals surface area (Å²) in [6.07, 6.45) is 0. The molecule has 0 saturated carbocycles. The Morgan fingerprint density at radius 1 is 1.06 bits per heavy atom. The maximum absolute atomic E-state index is 9.59. The van der Waals surface area contributed by atoms with Gasteiger partial charge in [0.15, 0.2) is 0 Å². The van der Waals surface area contributed by atoms with Crippen LogP contribution in [-0.2, 0) is 0 Å². The summed E-state index contributed by atoms with van der Waals surface area (Å²) in [6.45, 7) is 4.23. The van der Waals surface area contributed by atoms with Crippen molar-refractivity contribution in [1.82, 2.24) is 0 Å². The smallest absolute Gasteiger partial charge is 0.0747 e. The molecule has 0 aromatic heterocycles. The summed E-state index contributed by atoms with van der Waals surface area (Å²) in [5.74, 6) is 0. The van der Waals surface area contributed by atoms with Crippen LogP contribution in [0.4, 0.5) is 5.69 Å². The van der Waals surface area contributed by atoms with E-state index in [9.17, 15) is 5.11 Å². The van der Waals surface area contributed by atoms with Crippen molar-refractivity contribution >= 4 is 5.69 Å². The van der Waals surface area contributed by atoms with Crippen LogP contribution in [0, 0.1) is 13.8 Å². The average molecular weight is 241 g/mol. The molecule has 2 aromatic carbocycles. The zero-order valence-electron chi connectivity index (χ0n) is 10.9. The van der Waals surface area contributed by atoms with Crippen molar-refractivity contribution in [2.75, 3.05) is 11.9 Å². The number of para-hydroxylation sites is 1. The largest absolute Gasteiger partial charge is 0.394 e. The topological polar surface area (TPSA) is 32.3 Å². The number of aryl methyl sites for hydroxylation is 2. The van der Waals surface area contributed by atoms with Crippen LogP contribution < -0.4 is 5.32 Å². The molecule has 2 aromatic rings. The summed E-state index contributed by atoms with van der Waals surface area (Å²) < 4.78 is 0. The van der Waals surface area contributed by atoms with Gasteiger partial charge in [0.05, 0.1) is 12.6 Å². The Labute approximate surface area is 108 Å². The van der Waals surface area contributed by atoms with Crippen LogP contribution in [-0.4, -0.2) is 11.7 Å². The zero-order valence-corrected chi connectivity index (χ0v) is 10.9. The number of benzene rings is 2. The first-order valence-corrected chi connectivity index (χ1v) is 6.20. The first-order chi connectivity index (χ1) is 8.70. The average Bonchev–Trinajstić information content (AvgIpc) is 2.40. The molecule has 0 fully saturated rings. The Kier molecular flexibility index (Phi) is 4.00. The van der Waals surface area contributed by atoms with Crippen LogP contribution >= 0.6 is 0 Å². The van der Waals surface area contributed by atoms with Gasteiger partial charge in [0.1, 0.15) is 0 Å². The van der Waals surface area contributed by atoms with E-state index >= 15 is 0 Å². The van der Waals surface area contributed by atoms with Crippen molar-refractivity contribution in [3.63, 3.8) is 0 Å². The summed E-state index contributed by atoms with van der Waals surface area (Å²) in [7, 11) is 0. The highest BCUT2D eigenvalue weighted by molar-refractivity contribution is 5.46. The predicted molar refractivity (Wildman–Crippen MR) is 75.8 cm³/mol. The van der Waals surface area contributed by atoms with Gasteiger partial charge in [-0.3, -0.25) is 0 Å². The molecule has 2 N–H and O–H groups in total. The van der Waals surface area contributed by atoms with Crippen LogP contribution in [0.1, 0.15) is 22.7 Å². The highest BCUT2D eigenvalue weighted by Crippen LogP contribution is 2.23. The van der Waals surface area contributed by atoms with Crippen molar-refractivity contribution in [2.24, 2.45) is 0 Å². The van der Waals surface area contributed by atoms with Crippen molar-refractivity contribution < 1.29 is 5.11 Å². The van der Waals surface area contributed by atoms with Gasteiger partial charge in [-0.05, 0) is 37.1 Å². The van der Waals surface area contributed by atoms with E-state index in [4.69, 9.17) is 0 Å². The lowest BCUT2D eigenvalue weighted by Gasteiger charge is -2.20. The van der Waals surface area contributed by atoms with Crippen molar-refractivity contribution in [1.29, 1.82) is 0 Å². The number of anilines is 1. The van der Waals surface area contributed by atoms with Gasteiger partial charge >= 0.3 is 0 Å². The van der Waals surface area contributed by atoms with E-state index in [2.05, 4.69) is 37.4 Å². The Bertz CT molecular complexity index is 508. The molecule has 0 aliphatic rings. The number of hydrogen-bond donors (Lipinski definition) is 2. The second kappa shape index (κ2) is 5.69. The fraction of sp³-hybridized carbons (Fsp3) is 0.250. The number of nitrogens with one attached hydrogen (secondary N) is 1. The SMILES string of the molecule is Cc1ccc(C)c(C(CO)Nc2ccccc2)c1. The van der Waals surface area contributed by atoms with Gasteiger partial charge in [-0.1, -0.05) is 42.0 Å². The maximum Gasteiger partial charge on any atom is 0.0747 e. The molecule has 0 heterocycles. The quantitative estimate of drug-likeness (QED) is 0.859. The third-order valence-corrected chi connectivity index (χ3v) is 3.11. The number of aliphatic hydroxyl groups is 1. The Balaban J connectivity index is 2.26. The normalized spacial score (nSPS) is 12.2. The molecule has 18 heavy (non-hydrogen) atoms. The van der Waals surface area contributed by atoms with Crippen molar-refractivity contribution in [3.05, 3.63) is 65.2 Å². The first-order valence-electron chi connectivity index (χ1n) is 6.20. The Morgan fingerprint density at radius 3 is 2.44 bits per heavy atom. The van der Waals surface area contributed by atoms with E-state index in [0.717, 1.165) is 11.3 Å². The van der Waals surface area contributed by atoms with Crippen LogP contribution in [0.25, 0.3) is 0 Å². The summed E-state index contributed by atoms with van der Waals surface area (Å²) in [5.41, 5.74) is 4.59. The molecule has 2 nitrogen and oxygen atoms in total. The lowest BCUT2D eigenvalue weighted by Crippen LogP contribution is -2.16. The number of rotatable bonds is 4. The second-order valence-corrected chi connectivity index (χ2v) is 4.61. The van der Waals surface area contributed by atoms with E-state index in [1.54, 1.807) is 0 Å². The van der Waals surface area contributed by atoms with Gasteiger partial charge in [0.2, 0.25) is 0 Å². The summed E-state index contributed by atoms with van der Waals surface area (Å²) >= 11 is 0. The highest BCUT2D eigenvalue weighted by atomic mass is 16.3. The molecule has 94 valence electrons. The standard InChI is InChI=1S/C16H19NO/c1-12-8-9-13(2)15(10-12)16(11-18)17-14-6-4-3-5-7-14/h3-10,16-18H,11H2,1-2H3. The molecule has 1 unspecified atom stereocenters. The van der Waals surface area contributed by atoms with E-state index in [1.165, 1.54) is 11.1 Å². The first kappa shape index (κ1) is 12.7. The zero-order chi connectivity index (χ0) is 13.0. The summed E-state index contributed by atoms with van der Waals surface area (Å²) in [5, 5.41) is 13.0. The second-order valence-electron chi connectivity index (χ2n) is 4.61. The predicted octanol–water partition coefficient (Wildman–Crippen LogP) is 3.45. The van der Waals surface area contributed by atoms with Gasteiger partial charge in [-0.15, -0.1) is 0 Å². The molecule has 0 amide bonds. The van der Waals surface area contributed by atoms with Gasteiger partial charge in [0.25, 0.3) is 0 Å². The van der Waals surface area contributed by atoms with Crippen LogP contribution in [0.3, 0.4) is 0 Å². The van der Waals surface area contributed by atoms with E-state index < -0.39 is 0 Å². The highest BCUT2D eigenvalue weighted by Gasteiger charge is 2.12. The maximum atomic E-state index is 9.59. The fourth-order valence-electron chi connectivity index (χ4n) is 2.09. The third kappa shape index (κ3) is 2.90. The van der Waals surface area contributed by atoms with Crippen LogP contribution in [0.15, 0.2) is 48.5 Å². The van der Waals surface area contributed by atoms with Crippen LogP contribution in [0.5, 0.6) is 0 Å². The Morgan fingerprint density at radius 2 is 1.78 bits per heavy atom. The summed E-state index contributed by atoms with van der Waals surface area (Å²) in [4.78, 5) is 0. The molecule has 0 radical (unpaired) electrons. The van der Waals surface area contributed by atoms with E-state index in [1.807, 2.05) is 30.3 Å². The molecule has 0 aliphatic carbocycles. The molecular formula is C16H19NO. The van der Waals surface area contributed by atoms with Gasteiger partial charge in [-0.25, -0.2) is 0 Å². The lowest BCUT2D eigenvalue weighted by molar-refractivity contribution is 0.276. The fourth-order valence-corrected chi connectivity index (χ4v) is 2.09. The van der Waals surface area contributed by atoms with Crippen molar-refractivity contribution in [2.45, 2.75) is 19.9 Å². The molecule has 2 heteroatoms. The molecule has 0 bridgehead atoms. The minimum Gasteiger partial charge on any atom is -0.394 e. The third-order valence-electron chi connectivity index (χ3n) is 3.11. The molecular weight excluding hydrogens is 222 g/mol. The van der Waals surface area contributed by atoms with Crippen molar-refractivity contribution in [3.8, 4) is 0 Å². The van der Waals surface area contributed by atoms with E-state index in [0.29, 0.717) is 0 Å². The van der Waals surface area contributed by atoms with Gasteiger partial charge in [-0.2, -0.15) is 0 Å². The molecule has 2 rings (SSSR count). The molecule has 1 atom stereocenters. The number of aliphatic hydroxyl groups excluding tert-OH is 1. The monoisotopic (exact) mass is 241 g/mol. The molecule has 0 saturated heterocycles. The Hall–Kier alpha value is -1.80.